The van der Waals surface area contributed by atoms with Gasteiger partial charge in [0.1, 0.15) is 0 Å². The van der Waals surface area contributed by atoms with Gasteiger partial charge in [0, 0.05) is 18.0 Å². The third kappa shape index (κ3) is 3.29. The van der Waals surface area contributed by atoms with Gasteiger partial charge in [-0.05, 0) is 24.3 Å². The molecule has 1 aromatic carbocycles. The number of carbonyl (C=O) groups excluding carboxylic acids is 2. The number of nitrogens with zero attached hydrogens (tertiary/aromatic N) is 1. The van der Waals surface area contributed by atoms with Gasteiger partial charge >= 0.3 is 0 Å². The average Bonchev–Trinajstić information content (AvgIpc) is 2.46. The van der Waals surface area contributed by atoms with Crippen molar-refractivity contribution in [2.45, 2.75) is 0 Å². The Morgan fingerprint density at radius 1 is 0.947 bits per heavy atom. The Morgan fingerprint density at radius 3 is 2.26 bits per heavy atom. The van der Waals surface area contributed by atoms with E-state index in [0.29, 0.717) is 16.1 Å². The molecule has 0 radical (unpaired) electrons. The molecule has 96 valence electrons. The average molecular weight is 276 g/mol. The number of pyridine rings is 1. The van der Waals surface area contributed by atoms with Crippen molar-refractivity contribution in [3.63, 3.8) is 0 Å². The minimum Gasteiger partial charge on any atom is -0.267 e. The van der Waals surface area contributed by atoms with E-state index in [1.165, 1.54) is 24.5 Å². The van der Waals surface area contributed by atoms with Gasteiger partial charge in [-0.15, -0.1) is 0 Å². The van der Waals surface area contributed by atoms with Crippen LogP contribution in [0.25, 0.3) is 0 Å². The van der Waals surface area contributed by atoms with Gasteiger partial charge in [-0.25, -0.2) is 0 Å². The summed E-state index contributed by atoms with van der Waals surface area (Å²) in [4.78, 5) is 27.3. The number of benzene rings is 1. The summed E-state index contributed by atoms with van der Waals surface area (Å²) in [7, 11) is 0. The van der Waals surface area contributed by atoms with Crippen LogP contribution >= 0.6 is 11.6 Å². The van der Waals surface area contributed by atoms with Crippen molar-refractivity contribution < 1.29 is 9.59 Å². The second-order valence-electron chi connectivity index (χ2n) is 3.62. The van der Waals surface area contributed by atoms with Gasteiger partial charge in [-0.3, -0.25) is 25.4 Å². The number of halogens is 1. The molecule has 0 aliphatic rings. The highest BCUT2D eigenvalue weighted by atomic mass is 35.5. The Kier molecular flexibility index (Phi) is 4.10. The Bertz CT molecular complexity index is 602. The number of rotatable bonds is 2. The molecule has 0 aliphatic carbocycles. The van der Waals surface area contributed by atoms with Crippen LogP contribution < -0.4 is 10.9 Å². The Balaban J connectivity index is 1.98. The number of hydrogen-bond donors (Lipinski definition) is 2. The topological polar surface area (TPSA) is 71.1 Å². The molecule has 0 fully saturated rings. The second-order valence-corrected chi connectivity index (χ2v) is 4.03. The molecule has 6 heteroatoms. The molecule has 2 rings (SSSR count). The highest BCUT2D eigenvalue weighted by Gasteiger charge is 2.11. The summed E-state index contributed by atoms with van der Waals surface area (Å²) in [6, 6.07) is 9.64. The third-order valence-electron chi connectivity index (χ3n) is 2.35. The summed E-state index contributed by atoms with van der Waals surface area (Å²) in [6.45, 7) is 0. The first-order chi connectivity index (χ1) is 9.18. The molecule has 0 aliphatic heterocycles. The van der Waals surface area contributed by atoms with Gasteiger partial charge in [0.2, 0.25) is 0 Å². The molecule has 0 bridgehead atoms. The maximum absolute atomic E-state index is 11.8. The summed E-state index contributed by atoms with van der Waals surface area (Å²) in [5, 5.41) is 0.318. The van der Waals surface area contributed by atoms with Crippen LogP contribution in [0.4, 0.5) is 0 Å². The lowest BCUT2D eigenvalue weighted by molar-refractivity contribution is 0.0846. The largest absolute Gasteiger partial charge is 0.271 e. The molecule has 5 nitrogen and oxygen atoms in total. The summed E-state index contributed by atoms with van der Waals surface area (Å²) in [5.41, 5.74) is 5.28. The molecule has 0 atom stereocenters. The fourth-order valence-corrected chi connectivity index (χ4v) is 1.62. The zero-order chi connectivity index (χ0) is 13.7. The molecule has 0 saturated heterocycles. The molecule has 19 heavy (non-hydrogen) atoms. The van der Waals surface area contributed by atoms with E-state index in [4.69, 9.17) is 11.6 Å². The van der Waals surface area contributed by atoms with Crippen LogP contribution in [0.15, 0.2) is 48.8 Å². The molecule has 0 spiro atoms. The standard InChI is InChI=1S/C13H10ClN3O2/c14-11-4-2-1-3-10(11)13(19)17-16-12(18)9-5-7-15-8-6-9/h1-8H,(H,16,18)(H,17,19). The van der Waals surface area contributed by atoms with Crippen molar-refractivity contribution in [2.75, 3.05) is 0 Å². The van der Waals surface area contributed by atoms with Gasteiger partial charge in [0.15, 0.2) is 0 Å². The number of aromatic nitrogens is 1. The minimum atomic E-state index is -0.479. The smallest absolute Gasteiger partial charge is 0.267 e. The molecule has 0 saturated carbocycles. The molecule has 2 aromatic rings. The van der Waals surface area contributed by atoms with Crippen molar-refractivity contribution in [2.24, 2.45) is 0 Å². The lowest BCUT2D eigenvalue weighted by atomic mass is 10.2. The van der Waals surface area contributed by atoms with Gasteiger partial charge in [-0.1, -0.05) is 23.7 Å². The van der Waals surface area contributed by atoms with Crippen molar-refractivity contribution in [3.8, 4) is 0 Å². The first kappa shape index (κ1) is 13.0. The predicted octanol–water partition coefficient (Wildman–Crippen LogP) is 1.81. The van der Waals surface area contributed by atoms with Gasteiger partial charge in [-0.2, -0.15) is 0 Å². The van der Waals surface area contributed by atoms with Crippen LogP contribution in [0.5, 0.6) is 0 Å². The number of hydrogen-bond acceptors (Lipinski definition) is 3. The first-order valence-corrected chi connectivity index (χ1v) is 5.81. The van der Waals surface area contributed by atoms with Crippen LogP contribution in [0.1, 0.15) is 20.7 Å². The quantitative estimate of drug-likeness (QED) is 0.821. The summed E-state index contributed by atoms with van der Waals surface area (Å²) >= 11 is 5.87. The fourth-order valence-electron chi connectivity index (χ4n) is 1.40. The van der Waals surface area contributed by atoms with E-state index >= 15 is 0 Å². The molecular formula is C13H10ClN3O2. The number of amides is 2. The van der Waals surface area contributed by atoms with E-state index in [1.807, 2.05) is 0 Å². The molecule has 0 unspecified atom stereocenters. The lowest BCUT2D eigenvalue weighted by Gasteiger charge is -2.08. The van der Waals surface area contributed by atoms with E-state index in [1.54, 1.807) is 24.3 Å². The zero-order valence-corrected chi connectivity index (χ0v) is 10.5. The zero-order valence-electron chi connectivity index (χ0n) is 9.76. The van der Waals surface area contributed by atoms with E-state index < -0.39 is 11.8 Å². The van der Waals surface area contributed by atoms with E-state index in [9.17, 15) is 9.59 Å². The van der Waals surface area contributed by atoms with E-state index in [2.05, 4.69) is 15.8 Å². The molecule has 2 amide bonds. The van der Waals surface area contributed by atoms with Crippen LogP contribution in [-0.4, -0.2) is 16.8 Å². The van der Waals surface area contributed by atoms with Gasteiger partial charge in [0.25, 0.3) is 11.8 Å². The molecule has 1 heterocycles. The number of nitrogens with one attached hydrogen (secondary N) is 2. The monoisotopic (exact) mass is 275 g/mol. The van der Waals surface area contributed by atoms with E-state index in [-0.39, 0.29) is 0 Å². The maximum atomic E-state index is 11.8. The summed E-state index contributed by atoms with van der Waals surface area (Å²) in [6.07, 6.45) is 2.98. The van der Waals surface area contributed by atoms with Gasteiger partial charge < -0.3 is 0 Å². The maximum Gasteiger partial charge on any atom is 0.271 e. The van der Waals surface area contributed by atoms with E-state index in [0.717, 1.165) is 0 Å². The lowest BCUT2D eigenvalue weighted by Crippen LogP contribution is -2.41. The summed E-state index contributed by atoms with van der Waals surface area (Å²) in [5.74, 6) is -0.907. The third-order valence-corrected chi connectivity index (χ3v) is 2.68. The molecular weight excluding hydrogens is 266 g/mol. The molecule has 1 aromatic heterocycles. The van der Waals surface area contributed by atoms with Crippen molar-refractivity contribution in [1.82, 2.24) is 15.8 Å². The predicted molar refractivity (Wildman–Crippen MR) is 70.6 cm³/mol. The highest BCUT2D eigenvalue weighted by Crippen LogP contribution is 2.14. The minimum absolute atomic E-state index is 0.291. The Hall–Kier alpha value is -2.40. The Morgan fingerprint density at radius 2 is 1.58 bits per heavy atom. The second kappa shape index (κ2) is 5.97. The SMILES string of the molecule is O=C(NNC(=O)c1ccccc1Cl)c1ccncc1. The molecule has 2 N–H and O–H groups in total. The highest BCUT2D eigenvalue weighted by molar-refractivity contribution is 6.33. The van der Waals surface area contributed by atoms with Crippen molar-refractivity contribution in [3.05, 3.63) is 64.9 Å². The Labute approximate surface area is 114 Å². The van der Waals surface area contributed by atoms with Gasteiger partial charge in [0.05, 0.1) is 10.6 Å². The fraction of sp³-hybridized carbons (Fsp3) is 0. The summed E-state index contributed by atoms with van der Waals surface area (Å²) < 4.78 is 0. The van der Waals surface area contributed by atoms with Crippen LogP contribution in [-0.2, 0) is 0 Å². The number of carbonyl (C=O) groups is 2. The van der Waals surface area contributed by atoms with Crippen molar-refractivity contribution >= 4 is 23.4 Å². The van der Waals surface area contributed by atoms with Crippen LogP contribution in [0.3, 0.4) is 0 Å². The van der Waals surface area contributed by atoms with Crippen molar-refractivity contribution in [1.29, 1.82) is 0 Å². The number of hydrazine groups is 1. The normalized spacial score (nSPS) is 9.74. The van der Waals surface area contributed by atoms with Crippen LogP contribution in [0.2, 0.25) is 5.02 Å². The first-order valence-electron chi connectivity index (χ1n) is 5.43. The van der Waals surface area contributed by atoms with Crippen LogP contribution in [0, 0.1) is 0 Å².